The Hall–Kier alpha value is -2.21. The fraction of sp³-hybridized carbons (Fsp3) is 0.357. The standard InChI is InChI=1S/C14H19N5O/c1-3-19(4-2)9-10-7-5-6-8-11(10)12-13(14(15)20)17-18-16-12/h5-8H,3-4,9H2,1-2H3,(H2,15,20)(H,16,17,18). The van der Waals surface area contributed by atoms with Crippen molar-refractivity contribution in [2.75, 3.05) is 13.1 Å². The number of primary amides is 1. The summed E-state index contributed by atoms with van der Waals surface area (Å²) in [6.45, 7) is 6.97. The molecule has 106 valence electrons. The van der Waals surface area contributed by atoms with Gasteiger partial charge in [-0.1, -0.05) is 38.1 Å². The van der Waals surface area contributed by atoms with Crippen LogP contribution in [0, 0.1) is 0 Å². The van der Waals surface area contributed by atoms with E-state index >= 15 is 0 Å². The van der Waals surface area contributed by atoms with Crippen molar-refractivity contribution in [3.05, 3.63) is 35.5 Å². The first-order valence-corrected chi connectivity index (χ1v) is 6.68. The van der Waals surface area contributed by atoms with Gasteiger partial charge in [0, 0.05) is 12.1 Å². The van der Waals surface area contributed by atoms with Crippen molar-refractivity contribution in [1.29, 1.82) is 0 Å². The van der Waals surface area contributed by atoms with Gasteiger partial charge in [-0.2, -0.15) is 15.4 Å². The van der Waals surface area contributed by atoms with E-state index < -0.39 is 5.91 Å². The minimum absolute atomic E-state index is 0.178. The Balaban J connectivity index is 2.41. The summed E-state index contributed by atoms with van der Waals surface area (Å²) < 4.78 is 0. The maximum Gasteiger partial charge on any atom is 0.271 e. The minimum Gasteiger partial charge on any atom is -0.364 e. The van der Waals surface area contributed by atoms with Crippen LogP contribution in [0.25, 0.3) is 11.3 Å². The number of nitrogens with zero attached hydrogens (tertiary/aromatic N) is 3. The predicted octanol–water partition coefficient (Wildman–Crippen LogP) is 1.41. The van der Waals surface area contributed by atoms with E-state index in [1.807, 2.05) is 24.3 Å². The van der Waals surface area contributed by atoms with E-state index in [4.69, 9.17) is 5.73 Å². The maximum atomic E-state index is 11.4. The van der Waals surface area contributed by atoms with Crippen molar-refractivity contribution in [3.63, 3.8) is 0 Å². The number of carbonyl (C=O) groups excluding carboxylic acids is 1. The molecule has 2 rings (SSSR count). The van der Waals surface area contributed by atoms with Crippen LogP contribution in [0.4, 0.5) is 0 Å². The SMILES string of the molecule is CCN(CC)Cc1ccccc1-c1n[nH]nc1C(N)=O. The normalized spacial score (nSPS) is 10.9. The van der Waals surface area contributed by atoms with Gasteiger partial charge in [0.25, 0.3) is 5.91 Å². The molecule has 0 fully saturated rings. The van der Waals surface area contributed by atoms with Gasteiger partial charge in [0.2, 0.25) is 0 Å². The molecule has 0 saturated heterocycles. The van der Waals surface area contributed by atoms with E-state index in [0.29, 0.717) is 5.69 Å². The molecule has 0 aliphatic heterocycles. The van der Waals surface area contributed by atoms with Gasteiger partial charge in [-0.25, -0.2) is 0 Å². The summed E-state index contributed by atoms with van der Waals surface area (Å²) in [4.78, 5) is 13.7. The van der Waals surface area contributed by atoms with Crippen LogP contribution in [-0.4, -0.2) is 39.3 Å². The van der Waals surface area contributed by atoms with Gasteiger partial charge in [-0.05, 0) is 18.7 Å². The van der Waals surface area contributed by atoms with Gasteiger partial charge >= 0.3 is 0 Å². The van der Waals surface area contributed by atoms with Gasteiger partial charge in [-0.3, -0.25) is 9.69 Å². The molecule has 0 radical (unpaired) electrons. The first kappa shape index (κ1) is 14.2. The quantitative estimate of drug-likeness (QED) is 0.833. The second-order valence-electron chi connectivity index (χ2n) is 4.50. The lowest BCUT2D eigenvalue weighted by Crippen LogP contribution is -2.22. The van der Waals surface area contributed by atoms with E-state index in [9.17, 15) is 4.79 Å². The zero-order valence-corrected chi connectivity index (χ0v) is 11.8. The number of rotatable bonds is 6. The third kappa shape index (κ3) is 2.85. The number of H-pyrrole nitrogens is 1. The number of hydrogen-bond acceptors (Lipinski definition) is 4. The van der Waals surface area contributed by atoms with E-state index in [0.717, 1.165) is 30.8 Å². The molecule has 20 heavy (non-hydrogen) atoms. The Kier molecular flexibility index (Phi) is 4.47. The third-order valence-corrected chi connectivity index (χ3v) is 3.34. The van der Waals surface area contributed by atoms with Crippen molar-refractivity contribution in [2.45, 2.75) is 20.4 Å². The molecular formula is C14H19N5O. The predicted molar refractivity (Wildman–Crippen MR) is 77.0 cm³/mol. The summed E-state index contributed by atoms with van der Waals surface area (Å²) in [7, 11) is 0. The fourth-order valence-electron chi connectivity index (χ4n) is 2.17. The summed E-state index contributed by atoms with van der Waals surface area (Å²) in [6, 6.07) is 7.86. The van der Waals surface area contributed by atoms with Crippen molar-refractivity contribution in [1.82, 2.24) is 20.3 Å². The highest BCUT2D eigenvalue weighted by Crippen LogP contribution is 2.24. The van der Waals surface area contributed by atoms with Crippen LogP contribution in [0.2, 0.25) is 0 Å². The smallest absolute Gasteiger partial charge is 0.271 e. The number of nitrogens with two attached hydrogens (primary N) is 1. The van der Waals surface area contributed by atoms with Crippen LogP contribution >= 0.6 is 0 Å². The summed E-state index contributed by atoms with van der Waals surface area (Å²) in [5, 5.41) is 10.4. The summed E-state index contributed by atoms with van der Waals surface area (Å²) in [5.41, 5.74) is 8.02. The topological polar surface area (TPSA) is 87.9 Å². The first-order chi connectivity index (χ1) is 9.67. The lowest BCUT2D eigenvalue weighted by molar-refractivity contribution is 0.0996. The van der Waals surface area contributed by atoms with E-state index in [1.165, 1.54) is 0 Å². The van der Waals surface area contributed by atoms with Crippen LogP contribution in [0.15, 0.2) is 24.3 Å². The second-order valence-corrected chi connectivity index (χ2v) is 4.50. The number of nitrogens with one attached hydrogen (secondary N) is 1. The molecule has 0 spiro atoms. The average Bonchev–Trinajstić information content (AvgIpc) is 2.94. The average molecular weight is 273 g/mol. The molecule has 1 aromatic carbocycles. The fourth-order valence-corrected chi connectivity index (χ4v) is 2.17. The Morgan fingerprint density at radius 3 is 2.60 bits per heavy atom. The zero-order valence-electron chi connectivity index (χ0n) is 11.8. The Morgan fingerprint density at radius 2 is 1.95 bits per heavy atom. The largest absolute Gasteiger partial charge is 0.364 e. The molecule has 1 amide bonds. The van der Waals surface area contributed by atoms with Crippen molar-refractivity contribution >= 4 is 5.91 Å². The van der Waals surface area contributed by atoms with Crippen molar-refractivity contribution in [2.24, 2.45) is 5.73 Å². The lowest BCUT2D eigenvalue weighted by atomic mass is 10.0. The van der Waals surface area contributed by atoms with Crippen LogP contribution in [-0.2, 0) is 6.54 Å². The van der Waals surface area contributed by atoms with E-state index in [2.05, 4.69) is 34.2 Å². The number of carbonyl (C=O) groups is 1. The molecule has 0 bridgehead atoms. The minimum atomic E-state index is -0.577. The van der Waals surface area contributed by atoms with Crippen LogP contribution < -0.4 is 5.73 Å². The van der Waals surface area contributed by atoms with E-state index in [-0.39, 0.29) is 5.69 Å². The van der Waals surface area contributed by atoms with Gasteiger partial charge in [-0.15, -0.1) is 0 Å². The van der Waals surface area contributed by atoms with Crippen molar-refractivity contribution in [3.8, 4) is 11.3 Å². The number of amides is 1. The molecular weight excluding hydrogens is 254 g/mol. The van der Waals surface area contributed by atoms with Crippen LogP contribution in [0.1, 0.15) is 29.9 Å². The number of hydrogen-bond donors (Lipinski definition) is 2. The van der Waals surface area contributed by atoms with Crippen molar-refractivity contribution < 1.29 is 4.79 Å². The Morgan fingerprint density at radius 1 is 1.25 bits per heavy atom. The molecule has 0 aliphatic carbocycles. The molecule has 1 aromatic heterocycles. The maximum absolute atomic E-state index is 11.4. The number of aromatic amines is 1. The molecule has 2 aromatic rings. The molecule has 0 atom stereocenters. The molecule has 0 saturated carbocycles. The van der Waals surface area contributed by atoms with Crippen LogP contribution in [0.3, 0.4) is 0 Å². The van der Waals surface area contributed by atoms with Gasteiger partial charge < -0.3 is 5.73 Å². The number of aromatic nitrogens is 3. The molecule has 6 heteroatoms. The highest BCUT2D eigenvalue weighted by molar-refractivity contribution is 5.97. The molecule has 0 unspecified atom stereocenters. The Labute approximate surface area is 118 Å². The molecule has 3 N–H and O–H groups in total. The highest BCUT2D eigenvalue weighted by Gasteiger charge is 2.18. The van der Waals surface area contributed by atoms with Gasteiger partial charge in [0.05, 0.1) is 0 Å². The monoisotopic (exact) mass is 273 g/mol. The van der Waals surface area contributed by atoms with Gasteiger partial charge in [0.1, 0.15) is 5.69 Å². The summed E-state index contributed by atoms with van der Waals surface area (Å²) in [5.74, 6) is -0.577. The lowest BCUT2D eigenvalue weighted by Gasteiger charge is -2.19. The second kappa shape index (κ2) is 6.29. The molecule has 1 heterocycles. The molecule has 6 nitrogen and oxygen atoms in total. The highest BCUT2D eigenvalue weighted by atomic mass is 16.1. The van der Waals surface area contributed by atoms with Gasteiger partial charge in [0.15, 0.2) is 5.69 Å². The third-order valence-electron chi connectivity index (χ3n) is 3.34. The zero-order chi connectivity index (χ0) is 14.5. The Bertz CT molecular complexity index is 589. The van der Waals surface area contributed by atoms with Crippen LogP contribution in [0.5, 0.6) is 0 Å². The molecule has 0 aliphatic rings. The first-order valence-electron chi connectivity index (χ1n) is 6.68. The summed E-state index contributed by atoms with van der Waals surface area (Å²) >= 11 is 0. The van der Waals surface area contributed by atoms with E-state index in [1.54, 1.807) is 0 Å². The number of benzene rings is 1. The summed E-state index contributed by atoms with van der Waals surface area (Å²) in [6.07, 6.45) is 0.